The number of fused-ring (bicyclic) bond motifs is 1. The highest BCUT2D eigenvalue weighted by molar-refractivity contribution is 5.90. The lowest BCUT2D eigenvalue weighted by atomic mass is 10.1. The van der Waals surface area contributed by atoms with Crippen molar-refractivity contribution >= 4 is 28.5 Å². The number of nitrogens with one attached hydrogen (secondary N) is 2. The number of pyridine rings is 1. The van der Waals surface area contributed by atoms with E-state index >= 15 is 0 Å². The molecule has 1 aromatic carbocycles. The smallest absolute Gasteiger partial charge is 0.261 e. The number of aryl methyl sites for hydroxylation is 2. The van der Waals surface area contributed by atoms with E-state index in [2.05, 4.69) is 20.6 Å². The average molecular weight is 379 g/mol. The second-order valence-electron chi connectivity index (χ2n) is 6.46. The molecule has 0 saturated heterocycles. The Morgan fingerprint density at radius 3 is 2.64 bits per heavy atom. The molecule has 0 aliphatic heterocycles. The molecule has 2 amide bonds. The van der Waals surface area contributed by atoms with Gasteiger partial charge in [-0.1, -0.05) is 18.2 Å². The summed E-state index contributed by atoms with van der Waals surface area (Å²) in [4.78, 5) is 45.0. The number of amides is 2. The molecule has 0 radical (unpaired) electrons. The van der Waals surface area contributed by atoms with Crippen molar-refractivity contribution in [3.63, 3.8) is 0 Å². The summed E-state index contributed by atoms with van der Waals surface area (Å²) in [6, 6.07) is 10.7. The van der Waals surface area contributed by atoms with E-state index in [-0.39, 0.29) is 36.9 Å². The zero-order valence-electron chi connectivity index (χ0n) is 15.7. The zero-order chi connectivity index (χ0) is 20.1. The Morgan fingerprint density at radius 2 is 1.86 bits per heavy atom. The summed E-state index contributed by atoms with van der Waals surface area (Å²) in [7, 11) is 0. The highest BCUT2D eigenvalue weighted by atomic mass is 16.2. The first-order valence-corrected chi connectivity index (χ1v) is 8.89. The highest BCUT2D eigenvalue weighted by Gasteiger charge is 2.10. The summed E-state index contributed by atoms with van der Waals surface area (Å²) in [5.41, 5.74) is 2.06. The first-order valence-electron chi connectivity index (χ1n) is 8.89. The van der Waals surface area contributed by atoms with Crippen LogP contribution in [0.15, 0.2) is 47.5 Å². The van der Waals surface area contributed by atoms with Gasteiger partial charge in [-0.05, 0) is 37.6 Å². The lowest BCUT2D eigenvalue weighted by molar-refractivity contribution is -0.121. The van der Waals surface area contributed by atoms with Gasteiger partial charge in [0.05, 0.1) is 17.2 Å². The number of aromatic nitrogens is 3. The first kappa shape index (κ1) is 19.2. The Labute approximate surface area is 161 Å². The van der Waals surface area contributed by atoms with Crippen molar-refractivity contribution in [1.82, 2.24) is 19.9 Å². The molecule has 0 fully saturated rings. The van der Waals surface area contributed by atoms with Crippen molar-refractivity contribution in [2.45, 2.75) is 26.8 Å². The van der Waals surface area contributed by atoms with Crippen LogP contribution in [0.1, 0.15) is 17.7 Å². The standard InChI is InChI=1S/C20H21N5O3/c1-13-5-3-7-15-19(13)22-12-25(20(15)28)11-18(27)21-10-9-17(26)24-16-8-4-6-14(2)23-16/h3-8,12H,9-11H2,1-2H3,(H,21,27)(H,23,24,26). The summed E-state index contributed by atoms with van der Waals surface area (Å²) in [6.07, 6.45) is 1.47. The van der Waals surface area contributed by atoms with Gasteiger partial charge in [-0.15, -0.1) is 0 Å². The maximum absolute atomic E-state index is 12.5. The van der Waals surface area contributed by atoms with Crippen molar-refractivity contribution in [3.8, 4) is 0 Å². The quantitative estimate of drug-likeness (QED) is 0.676. The molecule has 144 valence electrons. The number of hydrogen-bond donors (Lipinski definition) is 2. The minimum Gasteiger partial charge on any atom is -0.354 e. The highest BCUT2D eigenvalue weighted by Crippen LogP contribution is 2.11. The third-order valence-corrected chi connectivity index (χ3v) is 4.20. The van der Waals surface area contributed by atoms with Crippen LogP contribution in [0.2, 0.25) is 0 Å². The van der Waals surface area contributed by atoms with Gasteiger partial charge in [-0.2, -0.15) is 0 Å². The first-order chi connectivity index (χ1) is 13.4. The predicted octanol–water partition coefficient (Wildman–Crippen LogP) is 1.55. The van der Waals surface area contributed by atoms with E-state index in [9.17, 15) is 14.4 Å². The summed E-state index contributed by atoms with van der Waals surface area (Å²) < 4.78 is 1.26. The number of carbonyl (C=O) groups excluding carboxylic acids is 2. The molecule has 0 aliphatic carbocycles. The van der Waals surface area contributed by atoms with E-state index in [1.807, 2.05) is 26.0 Å². The Morgan fingerprint density at radius 1 is 1.07 bits per heavy atom. The molecular formula is C20H21N5O3. The van der Waals surface area contributed by atoms with E-state index in [0.717, 1.165) is 11.3 Å². The van der Waals surface area contributed by atoms with Crippen molar-refractivity contribution < 1.29 is 9.59 Å². The van der Waals surface area contributed by atoms with Crippen molar-refractivity contribution in [3.05, 3.63) is 64.3 Å². The summed E-state index contributed by atoms with van der Waals surface area (Å²) in [6.45, 7) is 3.71. The van der Waals surface area contributed by atoms with E-state index in [0.29, 0.717) is 16.7 Å². The molecule has 0 unspecified atom stereocenters. The maximum Gasteiger partial charge on any atom is 0.261 e. The molecule has 8 nitrogen and oxygen atoms in total. The molecule has 2 N–H and O–H groups in total. The molecule has 8 heteroatoms. The van der Waals surface area contributed by atoms with Gasteiger partial charge in [0.2, 0.25) is 11.8 Å². The molecule has 3 rings (SSSR count). The van der Waals surface area contributed by atoms with Crippen LogP contribution in [-0.2, 0) is 16.1 Å². The van der Waals surface area contributed by atoms with Gasteiger partial charge in [0, 0.05) is 18.7 Å². The lowest BCUT2D eigenvalue weighted by Gasteiger charge is -2.09. The van der Waals surface area contributed by atoms with Crippen LogP contribution < -0.4 is 16.2 Å². The van der Waals surface area contributed by atoms with Crippen molar-refractivity contribution in [2.24, 2.45) is 0 Å². The average Bonchev–Trinajstić information content (AvgIpc) is 2.64. The van der Waals surface area contributed by atoms with Gasteiger partial charge in [-0.25, -0.2) is 9.97 Å². The van der Waals surface area contributed by atoms with Gasteiger partial charge in [-0.3, -0.25) is 19.0 Å². The number of nitrogens with zero attached hydrogens (tertiary/aromatic N) is 3. The molecular weight excluding hydrogens is 358 g/mol. The van der Waals surface area contributed by atoms with Crippen LogP contribution in [0.25, 0.3) is 10.9 Å². The largest absolute Gasteiger partial charge is 0.354 e. The van der Waals surface area contributed by atoms with Gasteiger partial charge in [0.25, 0.3) is 5.56 Å². The fourth-order valence-electron chi connectivity index (χ4n) is 2.79. The number of carbonyl (C=O) groups is 2. The van der Waals surface area contributed by atoms with Gasteiger partial charge in [0.15, 0.2) is 0 Å². The number of benzene rings is 1. The summed E-state index contributed by atoms with van der Waals surface area (Å²) >= 11 is 0. The van der Waals surface area contributed by atoms with E-state index in [1.54, 1.807) is 24.3 Å². The SMILES string of the molecule is Cc1cccc(NC(=O)CCNC(=O)Cn2cnc3c(C)cccc3c2=O)n1. The summed E-state index contributed by atoms with van der Waals surface area (Å²) in [5.74, 6) is -0.142. The van der Waals surface area contributed by atoms with Crippen LogP contribution in [0, 0.1) is 13.8 Å². The number of hydrogen-bond acceptors (Lipinski definition) is 5. The van der Waals surface area contributed by atoms with Gasteiger partial charge >= 0.3 is 0 Å². The Hall–Kier alpha value is -3.55. The van der Waals surface area contributed by atoms with Crippen LogP contribution >= 0.6 is 0 Å². The van der Waals surface area contributed by atoms with Gasteiger partial charge < -0.3 is 10.6 Å². The molecule has 0 saturated carbocycles. The van der Waals surface area contributed by atoms with Crippen LogP contribution in [0.4, 0.5) is 5.82 Å². The molecule has 28 heavy (non-hydrogen) atoms. The van der Waals surface area contributed by atoms with Crippen molar-refractivity contribution in [1.29, 1.82) is 0 Å². The normalized spacial score (nSPS) is 10.6. The Kier molecular flexibility index (Phi) is 5.78. The van der Waals surface area contributed by atoms with E-state index in [1.165, 1.54) is 10.9 Å². The fourth-order valence-corrected chi connectivity index (χ4v) is 2.79. The lowest BCUT2D eigenvalue weighted by Crippen LogP contribution is -2.34. The minimum absolute atomic E-state index is 0.103. The monoisotopic (exact) mass is 379 g/mol. The van der Waals surface area contributed by atoms with Crippen molar-refractivity contribution in [2.75, 3.05) is 11.9 Å². The molecule has 0 spiro atoms. The predicted molar refractivity (Wildman–Crippen MR) is 106 cm³/mol. The number of para-hydroxylation sites is 1. The zero-order valence-corrected chi connectivity index (χ0v) is 15.7. The number of anilines is 1. The third kappa shape index (κ3) is 4.59. The van der Waals surface area contributed by atoms with Gasteiger partial charge in [0.1, 0.15) is 12.4 Å². The molecule has 0 aliphatic rings. The molecule has 2 aromatic heterocycles. The second-order valence-corrected chi connectivity index (χ2v) is 6.46. The third-order valence-electron chi connectivity index (χ3n) is 4.20. The Bertz CT molecular complexity index is 1090. The molecule has 0 atom stereocenters. The maximum atomic E-state index is 12.5. The van der Waals surface area contributed by atoms with E-state index < -0.39 is 0 Å². The number of rotatable bonds is 6. The van der Waals surface area contributed by atoms with Crippen LogP contribution in [-0.4, -0.2) is 32.9 Å². The summed E-state index contributed by atoms with van der Waals surface area (Å²) in [5, 5.41) is 5.78. The van der Waals surface area contributed by atoms with Crippen LogP contribution in [0.3, 0.4) is 0 Å². The fraction of sp³-hybridized carbons (Fsp3) is 0.250. The second kappa shape index (κ2) is 8.43. The minimum atomic E-state index is -0.364. The van der Waals surface area contributed by atoms with Crippen LogP contribution in [0.5, 0.6) is 0 Å². The Balaban J connectivity index is 1.53. The molecule has 0 bridgehead atoms. The topological polar surface area (TPSA) is 106 Å². The molecule has 2 heterocycles. The molecule has 3 aromatic rings. The van der Waals surface area contributed by atoms with E-state index in [4.69, 9.17) is 0 Å².